The summed E-state index contributed by atoms with van der Waals surface area (Å²) in [6.07, 6.45) is 0.788. The fourth-order valence-electron chi connectivity index (χ4n) is 3.03. The molecular weight excluding hydrogens is 400 g/mol. The van der Waals surface area contributed by atoms with Gasteiger partial charge in [0, 0.05) is 5.57 Å². The molecule has 3 aromatic rings. The second kappa shape index (κ2) is 9.94. The van der Waals surface area contributed by atoms with E-state index in [-0.39, 0.29) is 0 Å². The van der Waals surface area contributed by atoms with Crippen molar-refractivity contribution in [3.05, 3.63) is 103 Å². The summed E-state index contributed by atoms with van der Waals surface area (Å²) in [4.78, 5) is 11.7. The molecule has 0 aliphatic heterocycles. The van der Waals surface area contributed by atoms with E-state index in [0.717, 1.165) is 27.8 Å². The van der Waals surface area contributed by atoms with Crippen LogP contribution in [0, 0.1) is 0 Å². The molecule has 0 aromatic heterocycles. The molecular formula is C28H26O4. The van der Waals surface area contributed by atoms with Gasteiger partial charge in [-0.05, 0) is 77.6 Å². The van der Waals surface area contributed by atoms with E-state index in [4.69, 9.17) is 9.47 Å². The van der Waals surface area contributed by atoms with Crippen molar-refractivity contribution in [2.75, 3.05) is 0 Å². The lowest BCUT2D eigenvalue weighted by Crippen LogP contribution is -2.15. The molecule has 0 aliphatic carbocycles. The molecule has 0 aliphatic rings. The van der Waals surface area contributed by atoms with E-state index in [1.807, 2.05) is 54.6 Å². The van der Waals surface area contributed by atoms with Crippen LogP contribution in [0.4, 0.5) is 0 Å². The van der Waals surface area contributed by atoms with Gasteiger partial charge in [0.1, 0.15) is 11.5 Å². The number of benzene rings is 3. The predicted molar refractivity (Wildman–Crippen MR) is 129 cm³/mol. The van der Waals surface area contributed by atoms with E-state index in [1.165, 1.54) is 0 Å². The molecule has 4 nitrogen and oxygen atoms in total. The molecule has 0 radical (unpaired) electrons. The molecule has 1 atom stereocenters. The van der Waals surface area contributed by atoms with Crippen molar-refractivity contribution in [3.63, 3.8) is 0 Å². The minimum absolute atomic E-state index is 0.354. The molecule has 0 bridgehead atoms. The fraction of sp³-hybridized carbons (Fsp3) is 0.107. The molecule has 1 N–H and O–H groups in total. The lowest BCUT2D eigenvalue weighted by molar-refractivity contribution is -0.130. The lowest BCUT2D eigenvalue weighted by Gasteiger charge is -2.14. The molecule has 0 saturated carbocycles. The van der Waals surface area contributed by atoms with Gasteiger partial charge in [-0.15, -0.1) is 0 Å². The molecule has 0 fully saturated rings. The lowest BCUT2D eigenvalue weighted by atomic mass is 9.95. The molecule has 0 saturated heterocycles. The summed E-state index contributed by atoms with van der Waals surface area (Å²) < 4.78 is 10.7. The summed E-state index contributed by atoms with van der Waals surface area (Å²) >= 11 is 0. The van der Waals surface area contributed by atoms with Crippen LogP contribution in [-0.2, 0) is 4.79 Å². The van der Waals surface area contributed by atoms with Crippen molar-refractivity contribution < 1.29 is 19.4 Å². The highest BCUT2D eigenvalue weighted by atomic mass is 16.6. The fourth-order valence-corrected chi connectivity index (χ4v) is 3.03. The average Bonchev–Trinajstić information content (AvgIpc) is 2.79. The molecule has 0 amide bonds. The number of hydrogen-bond acceptors (Lipinski definition) is 4. The van der Waals surface area contributed by atoms with E-state index >= 15 is 0 Å². The monoisotopic (exact) mass is 426 g/mol. The number of hydrogen-bond donors (Lipinski definition) is 1. The zero-order valence-electron chi connectivity index (χ0n) is 18.3. The summed E-state index contributed by atoms with van der Waals surface area (Å²) in [6.45, 7) is 14.6. The van der Waals surface area contributed by atoms with Gasteiger partial charge >= 0.3 is 5.97 Å². The number of esters is 1. The number of carbonyl (C=O) groups excluding carboxylic acids is 1. The van der Waals surface area contributed by atoms with E-state index in [2.05, 4.69) is 25.8 Å². The van der Waals surface area contributed by atoms with Crippen LogP contribution in [0.3, 0.4) is 0 Å². The van der Waals surface area contributed by atoms with E-state index in [9.17, 15) is 9.90 Å². The maximum Gasteiger partial charge on any atom is 0.338 e. The highest BCUT2D eigenvalue weighted by molar-refractivity contribution is 5.89. The third-order valence-corrected chi connectivity index (χ3v) is 4.85. The second-order valence-corrected chi connectivity index (χ2v) is 7.54. The normalized spacial score (nSPS) is 11.3. The number of aliphatic hydroxyl groups excluding tert-OH is 1. The first kappa shape index (κ1) is 22.8. The Hall–Kier alpha value is -3.89. The molecule has 1 unspecified atom stereocenters. The Morgan fingerprint density at radius 2 is 1.44 bits per heavy atom. The average molecular weight is 427 g/mol. The van der Waals surface area contributed by atoms with Crippen LogP contribution in [0.25, 0.3) is 28.3 Å². The van der Waals surface area contributed by atoms with Crippen LogP contribution in [0.1, 0.15) is 19.4 Å². The smallest absolute Gasteiger partial charge is 0.338 e. The largest absolute Gasteiger partial charge is 0.461 e. The number of carbonyl (C=O) groups is 1. The third-order valence-electron chi connectivity index (χ3n) is 4.85. The molecule has 0 spiro atoms. The SMILES string of the molecule is C=Cc1cc(-c2ccc(OC(=O)C(=C)C)cc2)ccc1-c1ccc(OC(O)C(=C)C)cc1. The predicted octanol–water partition coefficient (Wildman–Crippen LogP) is 6.42. The van der Waals surface area contributed by atoms with Gasteiger partial charge in [0.05, 0.1) is 0 Å². The number of ether oxygens (including phenoxy) is 2. The first-order valence-corrected chi connectivity index (χ1v) is 10.1. The van der Waals surface area contributed by atoms with Gasteiger partial charge in [-0.25, -0.2) is 4.79 Å². The summed E-state index contributed by atoms with van der Waals surface area (Å²) in [5.41, 5.74) is 5.93. The van der Waals surface area contributed by atoms with Crippen molar-refractivity contribution in [1.29, 1.82) is 0 Å². The molecule has 3 aromatic carbocycles. The van der Waals surface area contributed by atoms with Crippen molar-refractivity contribution in [2.24, 2.45) is 0 Å². The van der Waals surface area contributed by atoms with Crippen LogP contribution < -0.4 is 9.47 Å². The minimum Gasteiger partial charge on any atom is -0.461 e. The van der Waals surface area contributed by atoms with Gasteiger partial charge in [0.2, 0.25) is 6.29 Å². The first-order chi connectivity index (χ1) is 15.3. The van der Waals surface area contributed by atoms with Gasteiger partial charge in [-0.2, -0.15) is 0 Å². The van der Waals surface area contributed by atoms with Crippen LogP contribution in [0.2, 0.25) is 0 Å². The Kier molecular flexibility index (Phi) is 7.08. The second-order valence-electron chi connectivity index (χ2n) is 7.54. The van der Waals surface area contributed by atoms with Crippen LogP contribution in [0.5, 0.6) is 11.5 Å². The van der Waals surface area contributed by atoms with Gasteiger partial charge in [0.25, 0.3) is 0 Å². The van der Waals surface area contributed by atoms with Crippen molar-refractivity contribution in [3.8, 4) is 33.8 Å². The standard InChI is InChI=1S/C28H26O4/c1-6-20-17-23(21-7-12-24(13-8-21)31-27(29)18(2)3)11-16-26(20)22-9-14-25(15-10-22)32-28(30)19(4)5/h6-17,28,30H,1-2,4H2,3,5H3. The van der Waals surface area contributed by atoms with Crippen molar-refractivity contribution >= 4 is 12.0 Å². The number of aliphatic hydroxyl groups is 1. The Morgan fingerprint density at radius 3 is 2.00 bits per heavy atom. The van der Waals surface area contributed by atoms with Gasteiger partial charge in [-0.1, -0.05) is 62.2 Å². The Labute approximate surface area is 188 Å². The summed E-state index contributed by atoms with van der Waals surface area (Å²) in [5, 5.41) is 9.81. The van der Waals surface area contributed by atoms with Crippen LogP contribution >= 0.6 is 0 Å². The highest BCUT2D eigenvalue weighted by Crippen LogP contribution is 2.31. The van der Waals surface area contributed by atoms with Crippen molar-refractivity contribution in [2.45, 2.75) is 20.1 Å². The van der Waals surface area contributed by atoms with Gasteiger partial charge in [-0.3, -0.25) is 0 Å². The topological polar surface area (TPSA) is 55.8 Å². The maximum absolute atomic E-state index is 11.7. The Balaban J connectivity index is 1.82. The van der Waals surface area contributed by atoms with E-state index < -0.39 is 12.3 Å². The van der Waals surface area contributed by atoms with E-state index in [1.54, 1.807) is 26.0 Å². The highest BCUT2D eigenvalue weighted by Gasteiger charge is 2.10. The molecule has 162 valence electrons. The van der Waals surface area contributed by atoms with E-state index in [0.29, 0.717) is 22.6 Å². The molecule has 3 rings (SSSR count). The molecule has 4 heteroatoms. The minimum atomic E-state index is -1.03. The summed E-state index contributed by atoms with van der Waals surface area (Å²) in [7, 11) is 0. The summed E-state index contributed by atoms with van der Waals surface area (Å²) in [6, 6.07) is 21.0. The van der Waals surface area contributed by atoms with Crippen LogP contribution in [0.15, 0.2) is 97.6 Å². The zero-order chi connectivity index (χ0) is 23.3. The number of rotatable bonds is 8. The Morgan fingerprint density at radius 1 is 0.875 bits per heavy atom. The quantitative estimate of drug-likeness (QED) is 0.148. The van der Waals surface area contributed by atoms with Crippen molar-refractivity contribution in [1.82, 2.24) is 0 Å². The first-order valence-electron chi connectivity index (χ1n) is 10.1. The maximum atomic E-state index is 11.7. The zero-order valence-corrected chi connectivity index (χ0v) is 18.3. The van der Waals surface area contributed by atoms with Crippen LogP contribution in [-0.4, -0.2) is 17.4 Å². The summed E-state index contributed by atoms with van der Waals surface area (Å²) in [5.74, 6) is 0.594. The Bertz CT molecular complexity index is 1160. The van der Waals surface area contributed by atoms with Gasteiger partial charge < -0.3 is 14.6 Å². The molecule has 32 heavy (non-hydrogen) atoms. The van der Waals surface area contributed by atoms with Gasteiger partial charge in [0.15, 0.2) is 0 Å². The third kappa shape index (κ3) is 5.42. The molecule has 0 heterocycles.